The van der Waals surface area contributed by atoms with Gasteiger partial charge >= 0.3 is 5.91 Å². The zero-order valence-electron chi connectivity index (χ0n) is 12.5. The van der Waals surface area contributed by atoms with Gasteiger partial charge in [-0.1, -0.05) is 17.7 Å². The van der Waals surface area contributed by atoms with Crippen molar-refractivity contribution in [1.29, 1.82) is 0 Å². The van der Waals surface area contributed by atoms with Crippen molar-refractivity contribution in [3.63, 3.8) is 0 Å². The van der Waals surface area contributed by atoms with Gasteiger partial charge in [-0.15, -0.1) is 0 Å². The fourth-order valence-electron chi connectivity index (χ4n) is 2.47. The Hall–Kier alpha value is -2.80. The van der Waals surface area contributed by atoms with E-state index in [1.54, 1.807) is 30.3 Å². The summed E-state index contributed by atoms with van der Waals surface area (Å²) < 4.78 is 4.92. The standard InChI is InChI=1S/C16H14ClN3O4/c17-11-3-1-4-12(8-11)20-9-10(7-14(20)21)15(22)18-19-16(23)13-5-2-6-24-13/h1-6,8,10H,7,9H2,(H,18,22)(H,19,23)/t10-/m1/s1. The number of rotatable bonds is 3. The highest BCUT2D eigenvalue weighted by atomic mass is 35.5. The van der Waals surface area contributed by atoms with Crippen molar-refractivity contribution in [2.75, 3.05) is 11.4 Å². The highest BCUT2D eigenvalue weighted by molar-refractivity contribution is 6.31. The third-order valence-corrected chi connectivity index (χ3v) is 3.89. The summed E-state index contributed by atoms with van der Waals surface area (Å²) in [7, 11) is 0. The normalized spacial score (nSPS) is 17.0. The summed E-state index contributed by atoms with van der Waals surface area (Å²) in [6.07, 6.45) is 1.42. The maximum atomic E-state index is 12.1. The lowest BCUT2D eigenvalue weighted by atomic mass is 10.1. The molecule has 0 spiro atoms. The van der Waals surface area contributed by atoms with Crippen LogP contribution in [-0.2, 0) is 9.59 Å². The van der Waals surface area contributed by atoms with Crippen LogP contribution in [0, 0.1) is 5.92 Å². The number of anilines is 1. The molecule has 1 aromatic heterocycles. The van der Waals surface area contributed by atoms with Crippen LogP contribution in [-0.4, -0.2) is 24.3 Å². The smallest absolute Gasteiger partial charge is 0.305 e. The van der Waals surface area contributed by atoms with Gasteiger partial charge in [0.05, 0.1) is 12.2 Å². The predicted octanol–water partition coefficient (Wildman–Crippen LogP) is 1.75. The molecule has 1 saturated heterocycles. The molecule has 3 amide bonds. The van der Waals surface area contributed by atoms with Crippen molar-refractivity contribution in [3.8, 4) is 0 Å². The molecule has 1 aromatic carbocycles. The Morgan fingerprint density at radius 3 is 2.75 bits per heavy atom. The van der Waals surface area contributed by atoms with Crippen LogP contribution in [0.2, 0.25) is 5.02 Å². The van der Waals surface area contributed by atoms with Gasteiger partial charge in [0.1, 0.15) is 0 Å². The summed E-state index contributed by atoms with van der Waals surface area (Å²) in [6.45, 7) is 0.224. The zero-order chi connectivity index (χ0) is 17.1. The second-order valence-electron chi connectivity index (χ2n) is 5.31. The molecule has 24 heavy (non-hydrogen) atoms. The van der Waals surface area contributed by atoms with Gasteiger partial charge in [-0.3, -0.25) is 25.2 Å². The van der Waals surface area contributed by atoms with E-state index in [1.165, 1.54) is 17.2 Å². The number of hydrogen-bond acceptors (Lipinski definition) is 4. The summed E-state index contributed by atoms with van der Waals surface area (Å²) in [5.41, 5.74) is 5.21. The lowest BCUT2D eigenvalue weighted by Gasteiger charge is -2.17. The Labute approximate surface area is 142 Å². The molecule has 0 aliphatic carbocycles. The number of hydrazine groups is 1. The van der Waals surface area contributed by atoms with E-state index < -0.39 is 17.7 Å². The van der Waals surface area contributed by atoms with Crippen LogP contribution in [0.1, 0.15) is 17.0 Å². The number of nitrogens with one attached hydrogen (secondary N) is 2. The topological polar surface area (TPSA) is 91.7 Å². The van der Waals surface area contributed by atoms with E-state index in [1.807, 2.05) is 0 Å². The van der Waals surface area contributed by atoms with Gasteiger partial charge < -0.3 is 9.32 Å². The number of carbonyl (C=O) groups is 3. The number of hydrogen-bond donors (Lipinski definition) is 2. The van der Waals surface area contributed by atoms with E-state index >= 15 is 0 Å². The molecule has 0 saturated carbocycles. The minimum absolute atomic E-state index is 0.0645. The van der Waals surface area contributed by atoms with Crippen molar-refractivity contribution in [2.24, 2.45) is 5.92 Å². The molecular formula is C16H14ClN3O4. The maximum absolute atomic E-state index is 12.1. The Kier molecular flexibility index (Phi) is 4.52. The van der Waals surface area contributed by atoms with Crippen LogP contribution in [0.4, 0.5) is 5.69 Å². The molecule has 1 aliphatic rings. The van der Waals surface area contributed by atoms with Crippen LogP contribution in [0.3, 0.4) is 0 Å². The Balaban J connectivity index is 1.59. The first kappa shape index (κ1) is 16.1. The molecule has 0 unspecified atom stereocenters. The number of halogens is 1. The molecule has 124 valence electrons. The van der Waals surface area contributed by atoms with Gasteiger partial charge in [0.25, 0.3) is 0 Å². The average molecular weight is 348 g/mol. The summed E-state index contributed by atoms with van der Waals surface area (Å²) in [5.74, 6) is -1.65. The van der Waals surface area contributed by atoms with E-state index in [4.69, 9.17) is 16.0 Å². The van der Waals surface area contributed by atoms with Crippen molar-refractivity contribution in [3.05, 3.63) is 53.4 Å². The summed E-state index contributed by atoms with van der Waals surface area (Å²) in [4.78, 5) is 37.5. The SMILES string of the molecule is O=C(NNC(=O)[C@@H]1CC(=O)N(c2cccc(Cl)c2)C1)c1ccco1. The number of carbonyl (C=O) groups excluding carboxylic acids is 3. The molecule has 2 heterocycles. The van der Waals surface area contributed by atoms with Crippen LogP contribution in [0.25, 0.3) is 0 Å². The second-order valence-corrected chi connectivity index (χ2v) is 5.74. The molecule has 1 aliphatic heterocycles. The molecule has 2 N–H and O–H groups in total. The number of benzene rings is 1. The molecule has 2 aromatic rings. The van der Waals surface area contributed by atoms with Gasteiger partial charge in [0, 0.05) is 23.7 Å². The van der Waals surface area contributed by atoms with Crippen LogP contribution < -0.4 is 15.8 Å². The third-order valence-electron chi connectivity index (χ3n) is 3.66. The first-order chi connectivity index (χ1) is 11.5. The average Bonchev–Trinajstić information content (AvgIpc) is 3.22. The van der Waals surface area contributed by atoms with E-state index in [0.29, 0.717) is 10.7 Å². The van der Waals surface area contributed by atoms with Gasteiger partial charge in [0.15, 0.2) is 5.76 Å². The Bertz CT molecular complexity index is 775. The monoisotopic (exact) mass is 347 g/mol. The minimum Gasteiger partial charge on any atom is -0.459 e. The highest BCUT2D eigenvalue weighted by Gasteiger charge is 2.35. The summed E-state index contributed by atoms with van der Waals surface area (Å²) in [6, 6.07) is 9.90. The molecule has 3 rings (SSSR count). The molecule has 1 atom stereocenters. The van der Waals surface area contributed by atoms with Gasteiger partial charge in [-0.05, 0) is 30.3 Å². The van der Waals surface area contributed by atoms with Crippen LogP contribution in [0.5, 0.6) is 0 Å². The molecule has 0 radical (unpaired) electrons. The van der Waals surface area contributed by atoms with Crippen LogP contribution in [0.15, 0.2) is 47.1 Å². The third kappa shape index (κ3) is 3.41. The molecular weight excluding hydrogens is 334 g/mol. The van der Waals surface area contributed by atoms with E-state index in [9.17, 15) is 14.4 Å². The van der Waals surface area contributed by atoms with Crippen molar-refractivity contribution in [1.82, 2.24) is 10.9 Å². The van der Waals surface area contributed by atoms with Gasteiger partial charge in [0.2, 0.25) is 11.8 Å². The van der Waals surface area contributed by atoms with E-state index in [2.05, 4.69) is 10.9 Å². The fraction of sp³-hybridized carbons (Fsp3) is 0.188. The predicted molar refractivity (Wildman–Crippen MR) is 86.2 cm³/mol. The quantitative estimate of drug-likeness (QED) is 0.827. The lowest BCUT2D eigenvalue weighted by molar-refractivity contribution is -0.126. The van der Waals surface area contributed by atoms with Gasteiger partial charge in [-0.2, -0.15) is 0 Å². The first-order valence-electron chi connectivity index (χ1n) is 7.24. The molecule has 7 nitrogen and oxygen atoms in total. The fourth-order valence-corrected chi connectivity index (χ4v) is 2.65. The first-order valence-corrected chi connectivity index (χ1v) is 7.62. The van der Waals surface area contributed by atoms with Crippen molar-refractivity contribution in [2.45, 2.75) is 6.42 Å². The summed E-state index contributed by atoms with van der Waals surface area (Å²) in [5, 5.41) is 0.513. The van der Waals surface area contributed by atoms with Gasteiger partial charge in [-0.25, -0.2) is 0 Å². The number of furan rings is 1. The number of amides is 3. The zero-order valence-corrected chi connectivity index (χ0v) is 13.2. The maximum Gasteiger partial charge on any atom is 0.305 e. The van der Waals surface area contributed by atoms with E-state index in [0.717, 1.165) is 0 Å². The summed E-state index contributed by atoms with van der Waals surface area (Å²) >= 11 is 5.93. The Morgan fingerprint density at radius 2 is 2.04 bits per heavy atom. The number of nitrogens with zero attached hydrogens (tertiary/aromatic N) is 1. The highest BCUT2D eigenvalue weighted by Crippen LogP contribution is 2.27. The van der Waals surface area contributed by atoms with Crippen molar-refractivity contribution >= 4 is 35.0 Å². The Morgan fingerprint density at radius 1 is 1.21 bits per heavy atom. The molecule has 1 fully saturated rings. The van der Waals surface area contributed by atoms with Crippen LogP contribution >= 0.6 is 11.6 Å². The second kappa shape index (κ2) is 6.76. The molecule has 8 heteroatoms. The van der Waals surface area contributed by atoms with Crippen molar-refractivity contribution < 1.29 is 18.8 Å². The largest absolute Gasteiger partial charge is 0.459 e. The van der Waals surface area contributed by atoms with E-state index in [-0.39, 0.29) is 24.6 Å². The molecule has 0 bridgehead atoms. The lowest BCUT2D eigenvalue weighted by Crippen LogP contribution is -2.45. The minimum atomic E-state index is -0.565.